The molecule has 0 fully saturated rings. The Labute approximate surface area is 195 Å². The molecule has 33 heavy (non-hydrogen) atoms. The number of nitrogens with zero attached hydrogens (tertiary/aromatic N) is 7. The van der Waals surface area contributed by atoms with Crippen LogP contribution in [0.4, 0.5) is 0 Å². The highest BCUT2D eigenvalue weighted by molar-refractivity contribution is 7.19. The number of hydrogen-bond acceptors (Lipinski definition) is 7. The zero-order chi connectivity index (χ0) is 22.5. The van der Waals surface area contributed by atoms with Gasteiger partial charge in [0.2, 0.25) is 0 Å². The summed E-state index contributed by atoms with van der Waals surface area (Å²) in [5, 5.41) is 5.74. The molecule has 0 saturated carbocycles. The summed E-state index contributed by atoms with van der Waals surface area (Å²) in [6.07, 6.45) is 6.59. The number of fused-ring (bicyclic) bond motifs is 5. The predicted octanol–water partition coefficient (Wildman–Crippen LogP) is 2.80. The van der Waals surface area contributed by atoms with Crippen LogP contribution in [0.3, 0.4) is 0 Å². The SMILES string of the molecule is O=C(c1cnccn1)N1CCc2c(sc3c2c2ncnn2c(=O)n3Cc2ccc(Cl)cc2)C1. The van der Waals surface area contributed by atoms with Crippen LogP contribution < -0.4 is 5.69 Å². The summed E-state index contributed by atoms with van der Waals surface area (Å²) >= 11 is 7.55. The van der Waals surface area contributed by atoms with Crippen molar-refractivity contribution < 1.29 is 4.79 Å². The predicted molar refractivity (Wildman–Crippen MR) is 124 cm³/mol. The largest absolute Gasteiger partial charge is 0.352 e. The Kier molecular flexibility index (Phi) is 4.70. The highest BCUT2D eigenvalue weighted by Crippen LogP contribution is 2.37. The van der Waals surface area contributed by atoms with E-state index in [0.29, 0.717) is 42.4 Å². The van der Waals surface area contributed by atoms with Gasteiger partial charge in [0.25, 0.3) is 5.91 Å². The average molecular weight is 478 g/mol. The molecule has 0 radical (unpaired) electrons. The number of amides is 1. The number of halogens is 1. The van der Waals surface area contributed by atoms with Crippen molar-refractivity contribution in [1.29, 1.82) is 0 Å². The maximum Gasteiger partial charge on any atom is 0.352 e. The molecule has 9 nitrogen and oxygen atoms in total. The molecular formula is C22H16ClN7O2S. The minimum atomic E-state index is -0.254. The van der Waals surface area contributed by atoms with E-state index in [9.17, 15) is 9.59 Å². The zero-order valence-electron chi connectivity index (χ0n) is 17.2. The molecule has 5 heterocycles. The van der Waals surface area contributed by atoms with E-state index >= 15 is 0 Å². The normalized spacial score (nSPS) is 13.5. The van der Waals surface area contributed by atoms with Crippen LogP contribution in [0.1, 0.15) is 26.5 Å². The van der Waals surface area contributed by atoms with Gasteiger partial charge < -0.3 is 4.90 Å². The van der Waals surface area contributed by atoms with Crippen LogP contribution in [0.2, 0.25) is 5.02 Å². The second kappa shape index (κ2) is 7.75. The number of rotatable bonds is 3. The van der Waals surface area contributed by atoms with E-state index in [1.54, 1.807) is 15.7 Å². The molecule has 6 rings (SSSR count). The van der Waals surface area contributed by atoms with Gasteiger partial charge in [-0.25, -0.2) is 14.8 Å². The first-order valence-corrected chi connectivity index (χ1v) is 11.5. The Bertz CT molecular complexity index is 1570. The lowest BCUT2D eigenvalue weighted by atomic mass is 10.0. The summed E-state index contributed by atoms with van der Waals surface area (Å²) in [7, 11) is 0. The summed E-state index contributed by atoms with van der Waals surface area (Å²) < 4.78 is 3.07. The second-order valence-corrected chi connectivity index (χ2v) is 9.26. The zero-order valence-corrected chi connectivity index (χ0v) is 18.8. The van der Waals surface area contributed by atoms with Crippen molar-refractivity contribution in [2.75, 3.05) is 6.54 Å². The molecule has 0 saturated heterocycles. The number of thiophene rings is 1. The van der Waals surface area contributed by atoms with Gasteiger partial charge in [0.1, 0.15) is 16.9 Å². The smallest absolute Gasteiger partial charge is 0.332 e. The molecule has 0 unspecified atom stereocenters. The van der Waals surface area contributed by atoms with Crippen LogP contribution in [0, 0.1) is 0 Å². The van der Waals surface area contributed by atoms with E-state index < -0.39 is 0 Å². The molecule has 1 aromatic carbocycles. The number of benzene rings is 1. The molecule has 0 spiro atoms. The van der Waals surface area contributed by atoms with E-state index in [0.717, 1.165) is 26.2 Å². The summed E-state index contributed by atoms with van der Waals surface area (Å²) in [4.78, 5) is 42.3. The minimum absolute atomic E-state index is 0.155. The summed E-state index contributed by atoms with van der Waals surface area (Å²) in [6.45, 7) is 1.37. The van der Waals surface area contributed by atoms with Crippen LogP contribution >= 0.6 is 22.9 Å². The van der Waals surface area contributed by atoms with Gasteiger partial charge >= 0.3 is 5.69 Å². The number of aromatic nitrogens is 6. The van der Waals surface area contributed by atoms with Gasteiger partial charge in [0.05, 0.1) is 24.7 Å². The molecule has 5 aromatic rings. The van der Waals surface area contributed by atoms with E-state index in [4.69, 9.17) is 11.6 Å². The van der Waals surface area contributed by atoms with Crippen molar-refractivity contribution >= 4 is 44.7 Å². The van der Waals surface area contributed by atoms with Gasteiger partial charge in [-0.1, -0.05) is 23.7 Å². The maximum absolute atomic E-state index is 13.3. The Morgan fingerprint density at radius 2 is 2.00 bits per heavy atom. The van der Waals surface area contributed by atoms with Gasteiger partial charge in [-0.3, -0.25) is 14.3 Å². The standard InChI is InChI=1S/C22H16ClN7O2S/c23-14-3-1-13(2-4-14)10-29-21-18(19-26-12-27-30(19)22(29)32)15-5-8-28(11-17(15)33-21)20(31)16-9-24-6-7-25-16/h1-4,6-7,9,12H,5,8,10-11H2. The fourth-order valence-corrected chi connectivity index (χ4v) is 5.70. The van der Waals surface area contributed by atoms with Crippen LogP contribution in [0.15, 0.2) is 54.0 Å². The quantitative estimate of drug-likeness (QED) is 0.396. The second-order valence-electron chi connectivity index (χ2n) is 7.74. The van der Waals surface area contributed by atoms with Crippen molar-refractivity contribution in [2.45, 2.75) is 19.5 Å². The van der Waals surface area contributed by atoms with Crippen molar-refractivity contribution in [3.05, 3.63) is 86.4 Å². The first-order valence-electron chi connectivity index (χ1n) is 10.3. The third kappa shape index (κ3) is 3.30. The third-order valence-corrected chi connectivity index (χ3v) is 7.28. The average Bonchev–Trinajstić information content (AvgIpc) is 3.47. The van der Waals surface area contributed by atoms with Gasteiger partial charge in [-0.15, -0.1) is 11.3 Å². The fraction of sp³-hybridized carbons (Fsp3) is 0.182. The lowest BCUT2D eigenvalue weighted by Crippen LogP contribution is -2.35. The van der Waals surface area contributed by atoms with E-state index in [1.807, 2.05) is 24.3 Å². The monoisotopic (exact) mass is 477 g/mol. The van der Waals surface area contributed by atoms with Crippen LogP contribution in [0.5, 0.6) is 0 Å². The molecule has 11 heteroatoms. The van der Waals surface area contributed by atoms with Gasteiger partial charge in [-0.05, 0) is 29.7 Å². The van der Waals surface area contributed by atoms with Crippen LogP contribution in [0.25, 0.3) is 15.9 Å². The number of carbonyl (C=O) groups is 1. The fourth-order valence-electron chi connectivity index (χ4n) is 4.22. The van der Waals surface area contributed by atoms with Crippen LogP contribution in [-0.4, -0.2) is 46.5 Å². The summed E-state index contributed by atoms with van der Waals surface area (Å²) in [5.41, 5.74) is 2.68. The first-order chi connectivity index (χ1) is 16.1. The topological polar surface area (TPSA) is 98.3 Å². The van der Waals surface area contributed by atoms with E-state index in [1.165, 1.54) is 34.6 Å². The minimum Gasteiger partial charge on any atom is -0.332 e. The molecule has 0 bridgehead atoms. The first kappa shape index (κ1) is 20.0. The van der Waals surface area contributed by atoms with Crippen LogP contribution in [-0.2, 0) is 19.5 Å². The Morgan fingerprint density at radius 1 is 1.15 bits per heavy atom. The molecule has 1 amide bonds. The molecule has 0 atom stereocenters. The molecule has 0 N–H and O–H groups in total. The van der Waals surface area contributed by atoms with E-state index in [-0.39, 0.29) is 11.6 Å². The molecule has 4 aromatic heterocycles. The van der Waals surface area contributed by atoms with E-state index in [2.05, 4.69) is 20.1 Å². The summed E-state index contributed by atoms with van der Waals surface area (Å²) in [5.74, 6) is -0.155. The molecule has 1 aliphatic rings. The van der Waals surface area contributed by atoms with Crippen molar-refractivity contribution in [2.24, 2.45) is 0 Å². The lowest BCUT2D eigenvalue weighted by molar-refractivity contribution is 0.0731. The molecule has 1 aliphatic heterocycles. The van der Waals surface area contributed by atoms with Crippen molar-refractivity contribution in [3.8, 4) is 0 Å². The van der Waals surface area contributed by atoms with Gasteiger partial charge in [0.15, 0.2) is 5.65 Å². The van der Waals surface area contributed by atoms with Crippen molar-refractivity contribution in [1.82, 2.24) is 34.0 Å². The molecular weight excluding hydrogens is 462 g/mol. The molecule has 164 valence electrons. The summed E-state index contributed by atoms with van der Waals surface area (Å²) in [6, 6.07) is 7.42. The number of carbonyl (C=O) groups excluding carboxylic acids is 1. The number of hydrogen-bond donors (Lipinski definition) is 0. The maximum atomic E-state index is 13.3. The highest BCUT2D eigenvalue weighted by Gasteiger charge is 2.29. The highest BCUT2D eigenvalue weighted by atomic mass is 35.5. The van der Waals surface area contributed by atoms with Gasteiger partial charge in [-0.2, -0.15) is 9.61 Å². The lowest BCUT2D eigenvalue weighted by Gasteiger charge is -2.26. The van der Waals surface area contributed by atoms with Crippen molar-refractivity contribution in [3.63, 3.8) is 0 Å². The molecule has 0 aliphatic carbocycles. The third-order valence-electron chi connectivity index (χ3n) is 5.79. The van der Waals surface area contributed by atoms with Gasteiger partial charge in [0, 0.05) is 28.8 Å². The Hall–Kier alpha value is -3.63. The Balaban J connectivity index is 1.47. The Morgan fingerprint density at radius 3 is 2.79 bits per heavy atom.